The summed E-state index contributed by atoms with van der Waals surface area (Å²) < 4.78 is 9.84. The first-order valence-electron chi connectivity index (χ1n) is 7.81. The highest BCUT2D eigenvalue weighted by Crippen LogP contribution is 2.21. The van der Waals surface area contributed by atoms with Crippen LogP contribution in [0, 0.1) is 0 Å². The van der Waals surface area contributed by atoms with E-state index in [1.807, 2.05) is 36.4 Å². The minimum Gasteiger partial charge on any atom is -0.449 e. The van der Waals surface area contributed by atoms with Crippen LogP contribution < -0.4 is 5.43 Å². The molecule has 7 nitrogen and oxygen atoms in total. The Bertz CT molecular complexity index is 720. The maximum atomic E-state index is 12.2. The molecule has 24 heavy (non-hydrogen) atoms. The Morgan fingerprint density at radius 2 is 1.83 bits per heavy atom. The van der Waals surface area contributed by atoms with Gasteiger partial charge in [0, 0.05) is 5.39 Å². The summed E-state index contributed by atoms with van der Waals surface area (Å²) in [6.45, 7) is 5.52. The first-order chi connectivity index (χ1) is 11.6. The average molecular weight is 331 g/mol. The van der Waals surface area contributed by atoms with Gasteiger partial charge in [-0.3, -0.25) is 4.98 Å². The van der Waals surface area contributed by atoms with Crippen LogP contribution in [-0.2, 0) is 9.47 Å². The average Bonchev–Trinajstić information content (AvgIpc) is 2.59. The second-order valence-electron chi connectivity index (χ2n) is 5.01. The number of benzene rings is 1. The maximum absolute atomic E-state index is 12.2. The van der Waals surface area contributed by atoms with Crippen molar-refractivity contribution in [2.24, 2.45) is 0 Å². The number of pyridine rings is 1. The molecule has 0 aliphatic carbocycles. The third-order valence-electron chi connectivity index (χ3n) is 3.39. The van der Waals surface area contributed by atoms with Crippen molar-refractivity contribution in [3.63, 3.8) is 0 Å². The van der Waals surface area contributed by atoms with Crippen LogP contribution in [0.15, 0.2) is 36.4 Å². The molecular weight excluding hydrogens is 310 g/mol. The zero-order valence-corrected chi connectivity index (χ0v) is 14.0. The molecule has 0 fully saturated rings. The number of nitrogens with one attached hydrogen (secondary N) is 1. The summed E-state index contributed by atoms with van der Waals surface area (Å²) in [4.78, 5) is 28.4. The predicted octanol–water partition coefficient (Wildman–Crippen LogP) is 3.42. The molecular formula is C17H21N3O4. The molecule has 1 N–H and O–H groups in total. The minimum atomic E-state index is -0.724. The zero-order chi connectivity index (χ0) is 17.5. The molecule has 7 heteroatoms. The van der Waals surface area contributed by atoms with E-state index in [0.717, 1.165) is 15.9 Å². The first kappa shape index (κ1) is 17.5. The van der Waals surface area contributed by atoms with Crippen LogP contribution in [0.4, 0.5) is 9.59 Å². The smallest absolute Gasteiger partial charge is 0.429 e. The largest absolute Gasteiger partial charge is 0.449 e. The van der Waals surface area contributed by atoms with E-state index in [2.05, 4.69) is 10.4 Å². The Hall–Kier alpha value is -2.83. The Morgan fingerprint density at radius 3 is 2.54 bits per heavy atom. The fourth-order valence-corrected chi connectivity index (χ4v) is 2.20. The van der Waals surface area contributed by atoms with Crippen molar-refractivity contribution in [1.82, 2.24) is 15.4 Å². The number of hydrazine groups is 1. The van der Waals surface area contributed by atoms with Gasteiger partial charge < -0.3 is 9.47 Å². The van der Waals surface area contributed by atoms with Gasteiger partial charge in [0.25, 0.3) is 0 Å². The number of para-hydroxylation sites is 1. The van der Waals surface area contributed by atoms with Gasteiger partial charge >= 0.3 is 12.2 Å². The number of fused-ring (bicyclic) bond motifs is 1. The number of carbonyl (C=O) groups is 2. The van der Waals surface area contributed by atoms with Crippen LogP contribution in [0.25, 0.3) is 10.9 Å². The van der Waals surface area contributed by atoms with Crippen molar-refractivity contribution in [3.8, 4) is 0 Å². The van der Waals surface area contributed by atoms with Crippen molar-refractivity contribution < 1.29 is 19.1 Å². The molecule has 0 aliphatic rings. The number of rotatable bonds is 4. The molecule has 128 valence electrons. The number of nitrogens with zero attached hydrogens (tertiary/aromatic N) is 2. The summed E-state index contributed by atoms with van der Waals surface area (Å²) in [7, 11) is 0. The predicted molar refractivity (Wildman–Crippen MR) is 89.2 cm³/mol. The fourth-order valence-electron chi connectivity index (χ4n) is 2.20. The Morgan fingerprint density at radius 1 is 1.12 bits per heavy atom. The molecule has 1 atom stereocenters. The van der Waals surface area contributed by atoms with Crippen LogP contribution in [0.1, 0.15) is 32.5 Å². The van der Waals surface area contributed by atoms with E-state index < -0.39 is 18.2 Å². The molecule has 0 spiro atoms. The molecule has 2 aromatic rings. The summed E-state index contributed by atoms with van der Waals surface area (Å²) in [6, 6.07) is 10.9. The van der Waals surface area contributed by atoms with Crippen molar-refractivity contribution >= 4 is 23.1 Å². The van der Waals surface area contributed by atoms with Gasteiger partial charge in [-0.25, -0.2) is 20.0 Å². The summed E-state index contributed by atoms with van der Waals surface area (Å²) in [5, 5.41) is 2.08. The minimum absolute atomic E-state index is 0.192. The van der Waals surface area contributed by atoms with Crippen molar-refractivity contribution in [3.05, 3.63) is 42.1 Å². The standard InChI is InChI=1S/C17H21N3O4/c1-4-23-16(21)19-20(17(22)24-5-2)12(3)14-11-10-13-8-6-7-9-15(13)18-14/h6-12H,4-5H2,1-3H3,(H,19,21). The highest BCUT2D eigenvalue weighted by atomic mass is 16.6. The quantitative estimate of drug-likeness (QED) is 0.868. The third kappa shape index (κ3) is 4.13. The molecule has 2 amide bonds. The van der Waals surface area contributed by atoms with Crippen LogP contribution >= 0.6 is 0 Å². The van der Waals surface area contributed by atoms with Gasteiger partial charge in [-0.05, 0) is 32.9 Å². The van der Waals surface area contributed by atoms with Crippen LogP contribution in [0.5, 0.6) is 0 Å². The highest BCUT2D eigenvalue weighted by Gasteiger charge is 2.26. The SMILES string of the molecule is CCOC(=O)NN(C(=O)OCC)C(C)c1ccc2ccccc2n1. The van der Waals surface area contributed by atoms with Crippen LogP contribution in [0.2, 0.25) is 0 Å². The van der Waals surface area contributed by atoms with Gasteiger partial charge in [0.1, 0.15) is 0 Å². The molecule has 0 saturated carbocycles. The van der Waals surface area contributed by atoms with E-state index in [1.165, 1.54) is 0 Å². The van der Waals surface area contributed by atoms with Gasteiger partial charge in [-0.15, -0.1) is 0 Å². The van der Waals surface area contributed by atoms with E-state index in [1.54, 1.807) is 20.8 Å². The van der Waals surface area contributed by atoms with Gasteiger partial charge in [-0.1, -0.05) is 24.3 Å². The van der Waals surface area contributed by atoms with E-state index in [-0.39, 0.29) is 13.2 Å². The molecule has 1 aromatic carbocycles. The molecule has 0 bridgehead atoms. The lowest BCUT2D eigenvalue weighted by molar-refractivity contribution is 0.0575. The van der Waals surface area contributed by atoms with Gasteiger partial charge in [0.2, 0.25) is 0 Å². The lowest BCUT2D eigenvalue weighted by Gasteiger charge is -2.27. The first-order valence-corrected chi connectivity index (χ1v) is 7.81. The van der Waals surface area contributed by atoms with Crippen molar-refractivity contribution in [1.29, 1.82) is 0 Å². The molecule has 1 unspecified atom stereocenters. The molecule has 1 aromatic heterocycles. The number of amides is 2. The number of ether oxygens (including phenoxy) is 2. The summed E-state index contributed by atoms with van der Waals surface area (Å²) >= 11 is 0. The Labute approximate surface area is 140 Å². The maximum Gasteiger partial charge on any atom is 0.429 e. The molecule has 0 radical (unpaired) electrons. The van der Waals surface area contributed by atoms with Gasteiger partial charge in [-0.2, -0.15) is 0 Å². The third-order valence-corrected chi connectivity index (χ3v) is 3.39. The zero-order valence-electron chi connectivity index (χ0n) is 14.0. The summed E-state index contributed by atoms with van der Waals surface area (Å²) in [6.07, 6.45) is -1.40. The van der Waals surface area contributed by atoms with E-state index >= 15 is 0 Å². The second-order valence-corrected chi connectivity index (χ2v) is 5.01. The lowest BCUT2D eigenvalue weighted by atomic mass is 10.1. The highest BCUT2D eigenvalue weighted by molar-refractivity contribution is 5.79. The van der Waals surface area contributed by atoms with Crippen molar-refractivity contribution in [2.45, 2.75) is 26.8 Å². The van der Waals surface area contributed by atoms with Crippen LogP contribution in [0.3, 0.4) is 0 Å². The monoisotopic (exact) mass is 331 g/mol. The van der Waals surface area contributed by atoms with Gasteiger partial charge in [0.15, 0.2) is 0 Å². The summed E-state index contributed by atoms with van der Waals surface area (Å²) in [5.74, 6) is 0. The molecule has 1 heterocycles. The Kier molecular flexibility index (Phi) is 5.95. The normalized spacial score (nSPS) is 11.6. The molecule has 0 saturated heterocycles. The van der Waals surface area contributed by atoms with Gasteiger partial charge in [0.05, 0.1) is 30.5 Å². The van der Waals surface area contributed by atoms with E-state index in [4.69, 9.17) is 9.47 Å². The summed E-state index contributed by atoms with van der Waals surface area (Å²) in [5.41, 5.74) is 3.84. The fraction of sp³-hybridized carbons (Fsp3) is 0.353. The molecule has 2 rings (SSSR count). The van der Waals surface area contributed by atoms with Crippen molar-refractivity contribution in [2.75, 3.05) is 13.2 Å². The number of carbonyl (C=O) groups excluding carboxylic acids is 2. The second kappa shape index (κ2) is 8.14. The lowest BCUT2D eigenvalue weighted by Crippen LogP contribution is -2.48. The van der Waals surface area contributed by atoms with E-state index in [0.29, 0.717) is 5.69 Å². The Balaban J connectivity index is 2.28. The molecule has 0 aliphatic heterocycles. The van der Waals surface area contributed by atoms with Crippen LogP contribution in [-0.4, -0.2) is 35.4 Å². The number of hydrogen-bond acceptors (Lipinski definition) is 5. The topological polar surface area (TPSA) is 80.8 Å². The number of hydrogen-bond donors (Lipinski definition) is 1. The number of aromatic nitrogens is 1. The van der Waals surface area contributed by atoms with E-state index in [9.17, 15) is 9.59 Å².